The van der Waals surface area contributed by atoms with E-state index in [1.165, 1.54) is 0 Å². The Morgan fingerprint density at radius 2 is 1.59 bits per heavy atom. The summed E-state index contributed by atoms with van der Waals surface area (Å²) in [5.41, 5.74) is 0. The number of carbonyl (C=O) groups excluding carboxylic acids is 1. The molecule has 2 aliphatic heterocycles. The number of carbonyl (C=O) groups is 1. The molecule has 0 bridgehead atoms. The Hall–Kier alpha value is -1.67. The summed E-state index contributed by atoms with van der Waals surface area (Å²) in [5.74, 6) is 0.719. The lowest BCUT2D eigenvalue weighted by Gasteiger charge is -2.39. The van der Waals surface area contributed by atoms with Crippen LogP contribution in [0.3, 0.4) is 0 Å². The van der Waals surface area contributed by atoms with Crippen LogP contribution in [0.2, 0.25) is 0 Å². The Kier molecular flexibility index (Phi) is 9.00. The van der Waals surface area contributed by atoms with E-state index in [1.807, 2.05) is 0 Å². The molecular weight excluding hydrogens is 342 g/mol. The van der Waals surface area contributed by atoms with Gasteiger partial charge in [-0.2, -0.15) is 10.5 Å². The second-order valence-corrected chi connectivity index (χ2v) is 7.89. The molecule has 7 heteroatoms. The number of rotatable bonds is 8. The van der Waals surface area contributed by atoms with Gasteiger partial charge in [-0.1, -0.05) is 0 Å². The maximum absolute atomic E-state index is 12.5. The van der Waals surface area contributed by atoms with Crippen LogP contribution >= 0.6 is 0 Å². The molecular formula is C20H33N5O2. The van der Waals surface area contributed by atoms with Crippen LogP contribution in [-0.4, -0.2) is 85.2 Å². The van der Waals surface area contributed by atoms with Crippen molar-refractivity contribution >= 4 is 5.91 Å². The van der Waals surface area contributed by atoms with Gasteiger partial charge in [0.2, 0.25) is 5.91 Å². The third-order valence-electron chi connectivity index (χ3n) is 5.42. The van der Waals surface area contributed by atoms with Crippen LogP contribution in [-0.2, 0) is 9.53 Å². The number of hydrogen-bond acceptors (Lipinski definition) is 6. The topological polar surface area (TPSA) is 83.6 Å². The van der Waals surface area contributed by atoms with Crippen LogP contribution in [0.25, 0.3) is 0 Å². The number of morpholine rings is 1. The van der Waals surface area contributed by atoms with E-state index in [4.69, 9.17) is 15.3 Å². The van der Waals surface area contributed by atoms with Gasteiger partial charge in [0.1, 0.15) is 0 Å². The van der Waals surface area contributed by atoms with Crippen LogP contribution in [0.1, 0.15) is 39.5 Å². The molecule has 0 radical (unpaired) electrons. The maximum Gasteiger partial charge on any atom is 0.236 e. The summed E-state index contributed by atoms with van der Waals surface area (Å²) in [4.78, 5) is 18.9. The van der Waals surface area contributed by atoms with Gasteiger partial charge in [0.25, 0.3) is 0 Å². The first-order valence-electron chi connectivity index (χ1n) is 10.1. The lowest BCUT2D eigenvalue weighted by molar-refractivity contribution is -0.132. The zero-order valence-electron chi connectivity index (χ0n) is 16.8. The second-order valence-electron chi connectivity index (χ2n) is 7.89. The summed E-state index contributed by atoms with van der Waals surface area (Å²) >= 11 is 0. The minimum Gasteiger partial charge on any atom is -0.373 e. The van der Waals surface area contributed by atoms with Gasteiger partial charge in [-0.05, 0) is 45.7 Å². The minimum atomic E-state index is 0.0368. The van der Waals surface area contributed by atoms with Crippen LogP contribution in [0.4, 0.5) is 0 Å². The molecule has 2 fully saturated rings. The molecule has 7 nitrogen and oxygen atoms in total. The number of hydrogen-bond donors (Lipinski definition) is 0. The van der Waals surface area contributed by atoms with E-state index in [-0.39, 0.29) is 5.91 Å². The Morgan fingerprint density at radius 1 is 1.04 bits per heavy atom. The molecule has 2 heterocycles. The highest BCUT2D eigenvalue weighted by atomic mass is 16.5. The molecule has 0 saturated carbocycles. The van der Waals surface area contributed by atoms with Crippen molar-refractivity contribution < 1.29 is 9.53 Å². The summed E-state index contributed by atoms with van der Waals surface area (Å²) in [6, 6.07) is 4.16. The standard InChI is InChI=1S/C20H33N5O2/c1-17-13-24(14-18(2)27-17)15-19-5-11-23(12-6-19)16-20(26)25(9-3-7-21)10-4-8-22/h17-19H,3-6,9-16H2,1-2H3. The lowest BCUT2D eigenvalue weighted by Crippen LogP contribution is -2.49. The molecule has 0 N–H and O–H groups in total. The van der Waals surface area contributed by atoms with Crippen molar-refractivity contribution in [2.75, 3.05) is 52.4 Å². The molecule has 0 aromatic carbocycles. The summed E-state index contributed by atoms with van der Waals surface area (Å²) in [5, 5.41) is 17.5. The fourth-order valence-corrected chi connectivity index (χ4v) is 4.15. The van der Waals surface area contributed by atoms with Gasteiger partial charge in [-0.15, -0.1) is 0 Å². The molecule has 0 aromatic rings. The molecule has 2 aliphatic rings. The Labute approximate surface area is 163 Å². The zero-order chi connectivity index (χ0) is 19.6. The van der Waals surface area contributed by atoms with Gasteiger partial charge in [0.05, 0.1) is 43.7 Å². The zero-order valence-corrected chi connectivity index (χ0v) is 16.8. The predicted octanol–water partition coefficient (Wildman–Crippen LogP) is 1.46. The van der Waals surface area contributed by atoms with E-state index in [2.05, 4.69) is 35.8 Å². The van der Waals surface area contributed by atoms with Crippen molar-refractivity contribution in [2.45, 2.75) is 51.7 Å². The van der Waals surface area contributed by atoms with Crippen molar-refractivity contribution in [1.82, 2.24) is 14.7 Å². The Balaban J connectivity index is 1.73. The quantitative estimate of drug-likeness (QED) is 0.639. The van der Waals surface area contributed by atoms with E-state index < -0.39 is 0 Å². The molecule has 27 heavy (non-hydrogen) atoms. The summed E-state index contributed by atoms with van der Waals surface area (Å²) in [6.07, 6.45) is 3.47. The summed E-state index contributed by atoms with van der Waals surface area (Å²) in [6.45, 7) is 10.5. The Bertz CT molecular complexity index is 520. The molecule has 1 amide bonds. The fourth-order valence-electron chi connectivity index (χ4n) is 4.15. The SMILES string of the molecule is CC1CN(CC2CCN(CC(=O)N(CCC#N)CCC#N)CC2)CC(C)O1. The number of nitrogens with zero attached hydrogens (tertiary/aromatic N) is 5. The minimum absolute atomic E-state index is 0.0368. The molecule has 0 aromatic heterocycles. The molecule has 0 aliphatic carbocycles. The largest absolute Gasteiger partial charge is 0.373 e. The first-order valence-corrected chi connectivity index (χ1v) is 10.1. The molecule has 2 rings (SSSR count). The van der Waals surface area contributed by atoms with Gasteiger partial charge >= 0.3 is 0 Å². The molecule has 2 unspecified atom stereocenters. The lowest BCUT2D eigenvalue weighted by atomic mass is 9.95. The summed E-state index contributed by atoms with van der Waals surface area (Å²) < 4.78 is 5.81. The van der Waals surface area contributed by atoms with E-state index >= 15 is 0 Å². The number of likely N-dealkylation sites (tertiary alicyclic amines) is 1. The predicted molar refractivity (Wildman–Crippen MR) is 103 cm³/mol. The van der Waals surface area contributed by atoms with Crippen molar-refractivity contribution in [3.05, 3.63) is 0 Å². The van der Waals surface area contributed by atoms with Crippen molar-refractivity contribution in [2.24, 2.45) is 5.92 Å². The number of nitriles is 2. The van der Waals surface area contributed by atoms with Gasteiger partial charge in [-0.25, -0.2) is 0 Å². The third kappa shape index (κ3) is 7.46. The first-order chi connectivity index (χ1) is 13.0. The third-order valence-corrected chi connectivity index (χ3v) is 5.42. The number of piperidine rings is 1. The van der Waals surface area contributed by atoms with E-state index in [0.29, 0.717) is 50.6 Å². The van der Waals surface area contributed by atoms with Gasteiger partial charge in [0.15, 0.2) is 0 Å². The van der Waals surface area contributed by atoms with Crippen LogP contribution < -0.4 is 0 Å². The van der Waals surface area contributed by atoms with E-state index in [0.717, 1.165) is 45.6 Å². The van der Waals surface area contributed by atoms with E-state index in [1.54, 1.807) is 4.90 Å². The fraction of sp³-hybridized carbons (Fsp3) is 0.850. The highest BCUT2D eigenvalue weighted by Gasteiger charge is 2.27. The second kappa shape index (κ2) is 11.2. The normalized spacial score (nSPS) is 24.9. The van der Waals surface area contributed by atoms with Crippen LogP contribution in [0, 0.1) is 28.6 Å². The van der Waals surface area contributed by atoms with Crippen molar-refractivity contribution in [3.63, 3.8) is 0 Å². The highest BCUT2D eigenvalue weighted by Crippen LogP contribution is 2.21. The van der Waals surface area contributed by atoms with Crippen LogP contribution in [0.15, 0.2) is 0 Å². The maximum atomic E-state index is 12.5. The average Bonchev–Trinajstić information content (AvgIpc) is 2.62. The highest BCUT2D eigenvalue weighted by molar-refractivity contribution is 5.78. The molecule has 150 valence electrons. The van der Waals surface area contributed by atoms with E-state index in [9.17, 15) is 4.79 Å². The van der Waals surface area contributed by atoms with Gasteiger partial charge < -0.3 is 9.64 Å². The molecule has 0 spiro atoms. The number of ether oxygens (including phenoxy) is 1. The Morgan fingerprint density at radius 3 is 2.11 bits per heavy atom. The van der Waals surface area contributed by atoms with Crippen molar-refractivity contribution in [3.8, 4) is 12.1 Å². The van der Waals surface area contributed by atoms with Crippen molar-refractivity contribution in [1.29, 1.82) is 10.5 Å². The number of amides is 1. The first kappa shape index (κ1) is 21.6. The van der Waals surface area contributed by atoms with Gasteiger partial charge in [0, 0.05) is 32.7 Å². The molecule has 2 saturated heterocycles. The van der Waals surface area contributed by atoms with Crippen LogP contribution in [0.5, 0.6) is 0 Å². The average molecular weight is 376 g/mol. The monoisotopic (exact) mass is 375 g/mol. The van der Waals surface area contributed by atoms with Gasteiger partial charge in [-0.3, -0.25) is 14.6 Å². The summed E-state index contributed by atoms with van der Waals surface area (Å²) in [7, 11) is 0. The smallest absolute Gasteiger partial charge is 0.236 e. The molecule has 2 atom stereocenters.